The number of aromatic nitrogens is 2. The average molecular weight is 446 g/mol. The zero-order chi connectivity index (χ0) is 22.9. The Hall–Kier alpha value is -3.00. The summed E-state index contributed by atoms with van der Waals surface area (Å²) in [6.45, 7) is 10.8. The summed E-state index contributed by atoms with van der Waals surface area (Å²) in [5.74, 6) is -0.110. The maximum absolute atomic E-state index is 12.6. The summed E-state index contributed by atoms with van der Waals surface area (Å²) in [6.07, 6.45) is 3.02. The van der Waals surface area contributed by atoms with Gasteiger partial charge >= 0.3 is 0 Å². The van der Waals surface area contributed by atoms with Crippen molar-refractivity contribution in [1.29, 1.82) is 0 Å². The maximum Gasteiger partial charge on any atom is 0.287 e. The molecule has 0 atom stereocenters. The summed E-state index contributed by atoms with van der Waals surface area (Å²) in [5, 5.41) is 16.8. The molecule has 1 aliphatic heterocycles. The summed E-state index contributed by atoms with van der Waals surface area (Å²) < 4.78 is 1.65. The smallest absolute Gasteiger partial charge is 0.287 e. The predicted molar refractivity (Wildman–Crippen MR) is 120 cm³/mol. The lowest BCUT2D eigenvalue weighted by atomic mass is 9.86. The van der Waals surface area contributed by atoms with E-state index < -0.39 is 0 Å². The lowest BCUT2D eigenvalue weighted by Gasteiger charge is -2.38. The van der Waals surface area contributed by atoms with E-state index in [1.807, 2.05) is 26.8 Å². The highest BCUT2D eigenvalue weighted by atomic mass is 35.5. The van der Waals surface area contributed by atoms with E-state index in [4.69, 9.17) is 11.6 Å². The molecule has 1 aliphatic rings. The molecule has 2 amide bonds. The van der Waals surface area contributed by atoms with Gasteiger partial charge in [0.05, 0.1) is 24.0 Å². The van der Waals surface area contributed by atoms with Crippen molar-refractivity contribution in [2.24, 2.45) is 7.05 Å². The molecule has 0 saturated carbocycles. The monoisotopic (exact) mass is 445 g/mol. The predicted octanol–water partition coefficient (Wildman–Crippen LogP) is 2.82. The first-order chi connectivity index (χ1) is 14.5. The Morgan fingerprint density at radius 1 is 1.35 bits per heavy atom. The number of aromatic hydroxyl groups is 1. The number of imidazole rings is 1. The van der Waals surface area contributed by atoms with Gasteiger partial charge in [-0.15, -0.1) is 0 Å². The van der Waals surface area contributed by atoms with Crippen molar-refractivity contribution >= 4 is 29.1 Å². The number of carbonyl (C=O) groups excluding carboxylic acids is 2. The van der Waals surface area contributed by atoms with Crippen molar-refractivity contribution in [2.45, 2.75) is 38.8 Å². The molecular formula is C22H28ClN5O3. The fourth-order valence-corrected chi connectivity index (χ4v) is 3.86. The highest BCUT2D eigenvalue weighted by Crippen LogP contribution is 2.37. The van der Waals surface area contributed by atoms with Crippen LogP contribution in [0.4, 0.5) is 5.69 Å². The van der Waals surface area contributed by atoms with Crippen LogP contribution >= 0.6 is 11.6 Å². The van der Waals surface area contributed by atoms with Crippen LogP contribution in [0.5, 0.6) is 5.75 Å². The summed E-state index contributed by atoms with van der Waals surface area (Å²) in [7, 11) is 1.75. The molecule has 0 bridgehead atoms. The molecule has 166 valence electrons. The van der Waals surface area contributed by atoms with E-state index in [9.17, 15) is 14.7 Å². The second kappa shape index (κ2) is 8.63. The molecule has 3 rings (SSSR count). The minimum Gasteiger partial charge on any atom is -0.506 e. The third-order valence-corrected chi connectivity index (χ3v) is 5.50. The van der Waals surface area contributed by atoms with Crippen molar-refractivity contribution in [3.05, 3.63) is 53.1 Å². The molecule has 1 fully saturated rings. The van der Waals surface area contributed by atoms with Crippen LogP contribution in [0.3, 0.4) is 0 Å². The molecule has 3 N–H and O–H groups in total. The summed E-state index contributed by atoms with van der Waals surface area (Å²) in [4.78, 5) is 30.1. The number of hydrogen-bond donors (Lipinski definition) is 3. The fourth-order valence-electron chi connectivity index (χ4n) is 3.42. The number of aryl methyl sites for hydroxylation is 1. The minimum absolute atomic E-state index is 0.0514. The molecule has 2 heterocycles. The number of halogens is 1. The first-order valence-corrected chi connectivity index (χ1v) is 10.4. The first-order valence-electron chi connectivity index (χ1n) is 10.0. The number of nitrogens with one attached hydrogen (secondary N) is 2. The van der Waals surface area contributed by atoms with Crippen molar-refractivity contribution in [3.63, 3.8) is 0 Å². The number of phenolic OH excluding ortho intramolecular Hbond substituents is 1. The number of hydrogen-bond acceptors (Lipinski definition) is 5. The Morgan fingerprint density at radius 3 is 2.65 bits per heavy atom. The van der Waals surface area contributed by atoms with Gasteiger partial charge in [-0.1, -0.05) is 39.0 Å². The summed E-state index contributed by atoms with van der Waals surface area (Å²) in [6, 6.07) is 3.26. The molecular weight excluding hydrogens is 418 g/mol. The van der Waals surface area contributed by atoms with E-state index in [0.717, 1.165) is 5.56 Å². The number of benzene rings is 1. The maximum atomic E-state index is 12.6. The Bertz CT molecular complexity index is 1020. The second-order valence-corrected chi connectivity index (χ2v) is 9.14. The molecule has 2 aromatic rings. The normalized spacial score (nSPS) is 14.2. The van der Waals surface area contributed by atoms with Gasteiger partial charge in [-0.25, -0.2) is 4.98 Å². The zero-order valence-corrected chi connectivity index (χ0v) is 19.0. The fraction of sp³-hybridized carbons (Fsp3) is 0.409. The topological polar surface area (TPSA) is 99.5 Å². The van der Waals surface area contributed by atoms with Crippen LogP contribution in [0.2, 0.25) is 5.02 Å². The Morgan fingerprint density at radius 2 is 2.03 bits per heavy atom. The number of carbonyl (C=O) groups is 2. The third kappa shape index (κ3) is 5.02. The standard InChI is InChI=1S/C22H28ClN5O3/c1-6-19(30)28-11-14(12-28)26-21(31)20-25-13(10-27(20)5)9-24-17-7-15(22(2,3)4)16(23)8-18(17)29/h6-8,10,14,24,29H,1,9,11-12H2,2-5H3,(H,26,31). The van der Waals surface area contributed by atoms with E-state index in [0.29, 0.717) is 36.0 Å². The van der Waals surface area contributed by atoms with Crippen molar-refractivity contribution in [2.75, 3.05) is 18.4 Å². The number of nitrogens with zero attached hydrogens (tertiary/aromatic N) is 3. The Labute approximate surface area is 186 Å². The van der Waals surface area contributed by atoms with Crippen molar-refractivity contribution in [3.8, 4) is 5.75 Å². The van der Waals surface area contributed by atoms with Gasteiger partial charge < -0.3 is 25.2 Å². The number of anilines is 1. The van der Waals surface area contributed by atoms with Gasteiger partial charge in [0, 0.05) is 37.4 Å². The number of rotatable bonds is 6. The van der Waals surface area contributed by atoms with Crippen LogP contribution in [-0.2, 0) is 23.8 Å². The van der Waals surface area contributed by atoms with Crippen LogP contribution in [0.1, 0.15) is 42.6 Å². The van der Waals surface area contributed by atoms with E-state index in [2.05, 4.69) is 22.2 Å². The Balaban J connectivity index is 1.64. The van der Waals surface area contributed by atoms with Crippen LogP contribution in [0.15, 0.2) is 31.0 Å². The van der Waals surface area contributed by atoms with E-state index in [1.54, 1.807) is 22.7 Å². The van der Waals surface area contributed by atoms with Crippen LogP contribution in [0, 0.1) is 0 Å². The number of likely N-dealkylation sites (tertiary alicyclic amines) is 1. The number of amides is 2. The van der Waals surface area contributed by atoms with Gasteiger partial charge in [0.25, 0.3) is 5.91 Å². The van der Waals surface area contributed by atoms with Crippen LogP contribution < -0.4 is 10.6 Å². The molecule has 1 aromatic carbocycles. The molecule has 31 heavy (non-hydrogen) atoms. The van der Waals surface area contributed by atoms with Gasteiger partial charge in [0.15, 0.2) is 5.82 Å². The minimum atomic E-state index is -0.297. The molecule has 1 saturated heterocycles. The van der Waals surface area contributed by atoms with Gasteiger partial charge in [-0.2, -0.15) is 0 Å². The van der Waals surface area contributed by atoms with Crippen molar-refractivity contribution in [1.82, 2.24) is 19.8 Å². The second-order valence-electron chi connectivity index (χ2n) is 8.74. The molecule has 9 heteroatoms. The number of phenols is 1. The van der Waals surface area contributed by atoms with Gasteiger partial charge in [0.1, 0.15) is 5.75 Å². The van der Waals surface area contributed by atoms with Gasteiger partial charge in [0.2, 0.25) is 5.91 Å². The molecule has 1 aromatic heterocycles. The lowest BCUT2D eigenvalue weighted by Crippen LogP contribution is -2.60. The molecule has 0 spiro atoms. The van der Waals surface area contributed by atoms with Crippen LogP contribution in [0.25, 0.3) is 0 Å². The zero-order valence-electron chi connectivity index (χ0n) is 18.2. The molecule has 8 nitrogen and oxygen atoms in total. The van der Waals surface area contributed by atoms with E-state index in [1.165, 1.54) is 12.1 Å². The summed E-state index contributed by atoms with van der Waals surface area (Å²) >= 11 is 6.28. The largest absolute Gasteiger partial charge is 0.506 e. The lowest BCUT2D eigenvalue weighted by molar-refractivity contribution is -0.130. The van der Waals surface area contributed by atoms with Gasteiger partial charge in [-0.3, -0.25) is 9.59 Å². The first kappa shape index (κ1) is 22.7. The molecule has 0 aliphatic carbocycles. The van der Waals surface area contributed by atoms with E-state index in [-0.39, 0.29) is 34.8 Å². The summed E-state index contributed by atoms with van der Waals surface area (Å²) in [5.41, 5.74) is 1.94. The van der Waals surface area contributed by atoms with Crippen molar-refractivity contribution < 1.29 is 14.7 Å². The molecule has 0 radical (unpaired) electrons. The highest BCUT2D eigenvalue weighted by Gasteiger charge is 2.31. The van der Waals surface area contributed by atoms with Gasteiger partial charge in [-0.05, 0) is 23.1 Å². The van der Waals surface area contributed by atoms with E-state index >= 15 is 0 Å². The molecule has 0 unspecified atom stereocenters. The quantitative estimate of drug-likeness (QED) is 0.469. The average Bonchev–Trinajstić information content (AvgIpc) is 3.02. The SMILES string of the molecule is C=CC(=O)N1CC(NC(=O)c2nc(CNc3cc(C(C)(C)C)c(Cl)cc3O)cn2C)C1. The highest BCUT2D eigenvalue weighted by molar-refractivity contribution is 6.31. The van der Waals surface area contributed by atoms with Crippen LogP contribution in [-0.4, -0.2) is 50.5 Å². The third-order valence-electron chi connectivity index (χ3n) is 5.19. The Kier molecular flexibility index (Phi) is 6.31.